The van der Waals surface area contributed by atoms with Crippen molar-refractivity contribution < 1.29 is 9.53 Å². The topological polar surface area (TPSA) is 52.3 Å². The Morgan fingerprint density at radius 1 is 1.44 bits per heavy atom. The molecule has 0 aliphatic carbocycles. The highest BCUT2D eigenvalue weighted by atomic mass is 35.5. The van der Waals surface area contributed by atoms with Gasteiger partial charge in [-0.3, -0.25) is 4.79 Å². The van der Waals surface area contributed by atoms with Crippen molar-refractivity contribution in [3.8, 4) is 5.75 Å². The quantitative estimate of drug-likeness (QED) is 0.861. The number of ether oxygens (including phenoxy) is 1. The lowest BCUT2D eigenvalue weighted by molar-refractivity contribution is -0.118. The number of halogens is 1. The minimum Gasteiger partial charge on any atom is -0.496 e. The van der Waals surface area contributed by atoms with Crippen LogP contribution < -0.4 is 10.5 Å². The summed E-state index contributed by atoms with van der Waals surface area (Å²) in [7, 11) is 1.61. The second kappa shape index (κ2) is 6.64. The average molecular weight is 270 g/mol. The summed E-state index contributed by atoms with van der Waals surface area (Å²) < 4.78 is 5.33. The van der Waals surface area contributed by atoms with Gasteiger partial charge in [-0.15, -0.1) is 0 Å². The van der Waals surface area contributed by atoms with Gasteiger partial charge in [0.1, 0.15) is 5.75 Å². The van der Waals surface area contributed by atoms with Gasteiger partial charge in [-0.2, -0.15) is 0 Å². The first-order chi connectivity index (χ1) is 8.43. The third kappa shape index (κ3) is 4.22. The number of carbonyl (C=O) groups excluding carboxylic acids is 1. The number of amides is 1. The molecule has 0 aliphatic heterocycles. The van der Waals surface area contributed by atoms with Gasteiger partial charge in [-0.05, 0) is 42.0 Å². The Morgan fingerprint density at radius 3 is 2.61 bits per heavy atom. The number of hydrogen-bond donors (Lipinski definition) is 1. The van der Waals surface area contributed by atoms with Gasteiger partial charge >= 0.3 is 0 Å². The summed E-state index contributed by atoms with van der Waals surface area (Å²) in [5.41, 5.74) is 6.28. The molecule has 4 heteroatoms. The monoisotopic (exact) mass is 269 g/mol. The molecule has 0 spiro atoms. The molecule has 3 nitrogen and oxygen atoms in total. The second-order valence-electron chi connectivity index (χ2n) is 4.88. The molecule has 1 aromatic rings. The molecule has 1 atom stereocenters. The van der Waals surface area contributed by atoms with E-state index in [1.807, 2.05) is 12.1 Å². The van der Waals surface area contributed by atoms with Crippen LogP contribution in [-0.4, -0.2) is 13.0 Å². The van der Waals surface area contributed by atoms with Crippen LogP contribution >= 0.6 is 11.6 Å². The van der Waals surface area contributed by atoms with Crippen molar-refractivity contribution in [1.29, 1.82) is 0 Å². The Kier molecular flexibility index (Phi) is 5.48. The highest BCUT2D eigenvalue weighted by Gasteiger charge is 2.20. The molecule has 2 N–H and O–H groups in total. The summed E-state index contributed by atoms with van der Waals surface area (Å²) in [4.78, 5) is 11.2. The highest BCUT2D eigenvalue weighted by Crippen LogP contribution is 2.35. The summed E-state index contributed by atoms with van der Waals surface area (Å²) in [5, 5.41) is 0.643. The molecule has 100 valence electrons. The van der Waals surface area contributed by atoms with E-state index in [0.717, 1.165) is 17.7 Å². The molecule has 1 aromatic carbocycles. The fraction of sp³-hybridized carbons (Fsp3) is 0.500. The molecule has 0 saturated carbocycles. The van der Waals surface area contributed by atoms with Crippen LogP contribution in [0.15, 0.2) is 18.2 Å². The lowest BCUT2D eigenvalue weighted by Gasteiger charge is -2.20. The first kappa shape index (κ1) is 14.8. The summed E-state index contributed by atoms with van der Waals surface area (Å²) in [6, 6.07) is 5.46. The molecular weight excluding hydrogens is 250 g/mol. The van der Waals surface area contributed by atoms with Crippen LogP contribution in [0.1, 0.15) is 38.2 Å². The van der Waals surface area contributed by atoms with Crippen molar-refractivity contribution in [2.45, 2.75) is 32.6 Å². The molecule has 0 radical (unpaired) electrons. The van der Waals surface area contributed by atoms with E-state index in [9.17, 15) is 4.79 Å². The predicted molar refractivity (Wildman–Crippen MR) is 74.0 cm³/mol. The number of carbonyl (C=O) groups is 1. The molecule has 0 aromatic heterocycles. The van der Waals surface area contributed by atoms with E-state index in [4.69, 9.17) is 22.1 Å². The zero-order valence-corrected chi connectivity index (χ0v) is 11.8. The van der Waals surface area contributed by atoms with E-state index in [-0.39, 0.29) is 11.8 Å². The van der Waals surface area contributed by atoms with Gasteiger partial charge in [0.2, 0.25) is 5.91 Å². The largest absolute Gasteiger partial charge is 0.496 e. The van der Waals surface area contributed by atoms with E-state index in [1.54, 1.807) is 13.2 Å². The highest BCUT2D eigenvalue weighted by molar-refractivity contribution is 6.30. The molecular formula is C14H20ClNO2. The van der Waals surface area contributed by atoms with Crippen molar-refractivity contribution in [1.82, 2.24) is 0 Å². The van der Waals surface area contributed by atoms with Crippen molar-refractivity contribution >= 4 is 17.5 Å². The van der Waals surface area contributed by atoms with Gasteiger partial charge in [-0.1, -0.05) is 25.4 Å². The summed E-state index contributed by atoms with van der Waals surface area (Å²) in [5.74, 6) is 0.975. The summed E-state index contributed by atoms with van der Waals surface area (Å²) in [6.45, 7) is 4.23. The molecule has 0 heterocycles. The van der Waals surface area contributed by atoms with Crippen LogP contribution in [0.2, 0.25) is 5.02 Å². The van der Waals surface area contributed by atoms with Crippen molar-refractivity contribution in [3.63, 3.8) is 0 Å². The van der Waals surface area contributed by atoms with Gasteiger partial charge in [-0.25, -0.2) is 0 Å². The normalized spacial score (nSPS) is 12.5. The first-order valence-electron chi connectivity index (χ1n) is 6.05. The standard InChI is InChI=1S/C14H20ClNO2/c1-9(2)6-10(7-14(16)17)12-8-11(15)4-5-13(12)18-3/h4-5,8-10H,6-7H2,1-3H3,(H2,16,17). The van der Waals surface area contributed by atoms with Crippen molar-refractivity contribution in [3.05, 3.63) is 28.8 Å². The third-order valence-corrected chi connectivity index (χ3v) is 3.07. The number of methoxy groups -OCH3 is 1. The van der Waals surface area contributed by atoms with E-state index < -0.39 is 0 Å². The zero-order chi connectivity index (χ0) is 13.7. The van der Waals surface area contributed by atoms with E-state index in [1.165, 1.54) is 0 Å². The van der Waals surface area contributed by atoms with Crippen LogP contribution in [0.5, 0.6) is 5.75 Å². The molecule has 1 rings (SSSR count). The minimum absolute atomic E-state index is 0.0520. The number of rotatable bonds is 6. The number of hydrogen-bond acceptors (Lipinski definition) is 2. The molecule has 18 heavy (non-hydrogen) atoms. The number of nitrogens with two attached hydrogens (primary N) is 1. The van der Waals surface area contributed by atoms with Gasteiger partial charge in [0.15, 0.2) is 0 Å². The second-order valence-corrected chi connectivity index (χ2v) is 5.32. The van der Waals surface area contributed by atoms with Crippen LogP contribution in [0.4, 0.5) is 0 Å². The number of primary amides is 1. The Balaban J connectivity index is 3.09. The molecule has 1 unspecified atom stereocenters. The van der Waals surface area contributed by atoms with Crippen LogP contribution in [-0.2, 0) is 4.79 Å². The average Bonchev–Trinajstić information content (AvgIpc) is 2.26. The maximum Gasteiger partial charge on any atom is 0.218 e. The first-order valence-corrected chi connectivity index (χ1v) is 6.43. The molecule has 0 saturated heterocycles. The maximum absolute atomic E-state index is 11.2. The zero-order valence-electron chi connectivity index (χ0n) is 11.1. The van der Waals surface area contributed by atoms with Crippen LogP contribution in [0, 0.1) is 5.92 Å². The lowest BCUT2D eigenvalue weighted by atomic mass is 9.87. The van der Waals surface area contributed by atoms with Gasteiger partial charge in [0, 0.05) is 11.4 Å². The number of benzene rings is 1. The Bertz CT molecular complexity index is 418. The SMILES string of the molecule is COc1ccc(Cl)cc1C(CC(N)=O)CC(C)C. The minimum atomic E-state index is -0.303. The van der Waals surface area contributed by atoms with Crippen LogP contribution in [0.3, 0.4) is 0 Å². The fourth-order valence-electron chi connectivity index (χ4n) is 2.16. The Morgan fingerprint density at radius 2 is 2.11 bits per heavy atom. The third-order valence-electron chi connectivity index (χ3n) is 2.84. The fourth-order valence-corrected chi connectivity index (χ4v) is 2.34. The predicted octanol–water partition coefficient (Wildman–Crippen LogP) is 3.35. The lowest BCUT2D eigenvalue weighted by Crippen LogP contribution is -2.17. The smallest absolute Gasteiger partial charge is 0.218 e. The Hall–Kier alpha value is -1.22. The molecule has 0 fully saturated rings. The molecule has 0 aliphatic rings. The molecule has 0 bridgehead atoms. The van der Waals surface area contributed by atoms with E-state index in [0.29, 0.717) is 17.4 Å². The van der Waals surface area contributed by atoms with Crippen molar-refractivity contribution in [2.75, 3.05) is 7.11 Å². The summed E-state index contributed by atoms with van der Waals surface area (Å²) in [6.07, 6.45) is 1.19. The van der Waals surface area contributed by atoms with E-state index in [2.05, 4.69) is 13.8 Å². The van der Waals surface area contributed by atoms with Gasteiger partial charge in [0.25, 0.3) is 0 Å². The van der Waals surface area contributed by atoms with Gasteiger partial charge in [0.05, 0.1) is 7.11 Å². The Labute approximate surface area is 113 Å². The van der Waals surface area contributed by atoms with Crippen molar-refractivity contribution in [2.24, 2.45) is 11.7 Å². The maximum atomic E-state index is 11.2. The van der Waals surface area contributed by atoms with Gasteiger partial charge < -0.3 is 10.5 Å². The van der Waals surface area contributed by atoms with E-state index >= 15 is 0 Å². The molecule has 1 amide bonds. The van der Waals surface area contributed by atoms with Crippen LogP contribution in [0.25, 0.3) is 0 Å². The summed E-state index contributed by atoms with van der Waals surface area (Å²) >= 11 is 6.02.